The van der Waals surface area contributed by atoms with E-state index in [2.05, 4.69) is 14.2 Å². The van der Waals surface area contributed by atoms with Gasteiger partial charge in [-0.3, -0.25) is 9.35 Å². The lowest BCUT2D eigenvalue weighted by Crippen LogP contribution is -2.61. The van der Waals surface area contributed by atoms with Crippen LogP contribution in [-0.2, 0) is 33.9 Å². The van der Waals surface area contributed by atoms with Crippen LogP contribution in [0.1, 0.15) is 44.9 Å². The summed E-state index contributed by atoms with van der Waals surface area (Å²) in [5.74, 6) is -9.44. The van der Waals surface area contributed by atoms with Crippen molar-refractivity contribution in [1.82, 2.24) is 0 Å². The molecule has 4 aliphatic carbocycles. The predicted octanol–water partition coefficient (Wildman–Crippen LogP) is 4.00. The fraction of sp³-hybridized carbons (Fsp3) is 0.895. The molecular formula is C19H22F8O8S. The predicted molar refractivity (Wildman–Crippen MR) is 99.6 cm³/mol. The molecule has 0 aromatic carbocycles. The maximum Gasteiger partial charge on any atom is 0.468 e. The Hall–Kier alpha value is -1.75. The van der Waals surface area contributed by atoms with Crippen LogP contribution >= 0.6 is 0 Å². The molecule has 1 N–H and O–H groups in total. The molecule has 4 saturated carbocycles. The molecule has 0 saturated heterocycles. The van der Waals surface area contributed by atoms with Gasteiger partial charge in [-0.2, -0.15) is 43.5 Å². The van der Waals surface area contributed by atoms with Crippen LogP contribution in [0.4, 0.5) is 35.1 Å². The Morgan fingerprint density at radius 2 is 1.36 bits per heavy atom. The van der Waals surface area contributed by atoms with E-state index in [1.807, 2.05) is 0 Å². The van der Waals surface area contributed by atoms with Gasteiger partial charge in [0.25, 0.3) is 0 Å². The summed E-state index contributed by atoms with van der Waals surface area (Å²) in [6.07, 6.45) is -11.1. The lowest BCUT2D eigenvalue weighted by molar-refractivity contribution is -0.361. The van der Waals surface area contributed by atoms with Crippen molar-refractivity contribution in [2.45, 2.75) is 68.3 Å². The van der Waals surface area contributed by atoms with Crippen molar-refractivity contribution in [3.8, 4) is 0 Å². The van der Waals surface area contributed by atoms with Crippen LogP contribution in [-0.4, -0.2) is 61.5 Å². The number of carbonyl (C=O) groups excluding carboxylic acids is 2. The van der Waals surface area contributed by atoms with Gasteiger partial charge in [0, 0.05) is 0 Å². The minimum Gasteiger partial charge on any atom is -0.451 e. The molecule has 1 unspecified atom stereocenters. The molecule has 0 aromatic rings. The van der Waals surface area contributed by atoms with Gasteiger partial charge in [0.15, 0.2) is 6.61 Å². The Kier molecular flexibility index (Phi) is 7.38. The molecule has 36 heavy (non-hydrogen) atoms. The molecule has 4 aliphatic rings. The summed E-state index contributed by atoms with van der Waals surface area (Å²) in [5, 5.41) is -5.05. The molecule has 4 rings (SSSR count). The second-order valence-corrected chi connectivity index (χ2v) is 11.2. The summed E-state index contributed by atoms with van der Waals surface area (Å²) < 4.78 is 149. The van der Waals surface area contributed by atoms with E-state index in [9.17, 15) is 53.1 Å². The molecule has 0 radical (unpaired) electrons. The topological polar surface area (TPSA) is 116 Å². The number of alkyl halides is 8. The zero-order valence-corrected chi connectivity index (χ0v) is 19.1. The third-order valence-electron chi connectivity index (χ3n) is 6.79. The molecule has 0 aromatic heterocycles. The summed E-state index contributed by atoms with van der Waals surface area (Å²) in [4.78, 5) is 25.3. The number of halogens is 8. The van der Waals surface area contributed by atoms with E-state index < -0.39 is 70.5 Å². The van der Waals surface area contributed by atoms with E-state index >= 15 is 0 Å². The number of carbonyl (C=O) groups is 2. The third kappa shape index (κ3) is 5.71. The highest BCUT2D eigenvalue weighted by Gasteiger charge is 2.70. The fourth-order valence-corrected chi connectivity index (χ4v) is 6.01. The van der Waals surface area contributed by atoms with E-state index in [1.54, 1.807) is 0 Å². The van der Waals surface area contributed by atoms with Crippen LogP contribution in [0.5, 0.6) is 0 Å². The molecule has 4 bridgehead atoms. The quantitative estimate of drug-likeness (QED) is 0.194. The Morgan fingerprint density at radius 1 is 0.889 bits per heavy atom. The molecule has 0 spiro atoms. The third-order valence-corrected chi connectivity index (χ3v) is 7.75. The Bertz CT molecular complexity index is 942. The number of hydrogen-bond donors (Lipinski definition) is 1. The first-order chi connectivity index (χ1) is 16.2. The number of ether oxygens (including phenoxy) is 3. The largest absolute Gasteiger partial charge is 0.468 e. The SMILES string of the molecule is O=C(OC(OCCC(F)(F)S(=O)(=O)O)(C(=O)OCC(F)(F)F)C(F)(F)F)C12CC3CC(CC(C3)C1)C2. The van der Waals surface area contributed by atoms with Crippen LogP contribution in [0.25, 0.3) is 0 Å². The molecule has 8 nitrogen and oxygen atoms in total. The number of esters is 2. The van der Waals surface area contributed by atoms with Gasteiger partial charge in [-0.1, -0.05) is 0 Å². The first-order valence-electron chi connectivity index (χ1n) is 10.7. The van der Waals surface area contributed by atoms with E-state index in [-0.39, 0.29) is 37.0 Å². The van der Waals surface area contributed by atoms with Crippen molar-refractivity contribution < 1.29 is 71.9 Å². The van der Waals surface area contributed by atoms with Gasteiger partial charge in [0.1, 0.15) is 0 Å². The molecule has 1 atom stereocenters. The second kappa shape index (κ2) is 9.22. The molecule has 0 amide bonds. The average molecular weight is 562 g/mol. The monoisotopic (exact) mass is 562 g/mol. The van der Waals surface area contributed by atoms with Crippen molar-refractivity contribution in [3.05, 3.63) is 0 Å². The van der Waals surface area contributed by atoms with Gasteiger partial charge < -0.3 is 14.2 Å². The molecule has 4 fully saturated rings. The summed E-state index contributed by atoms with van der Waals surface area (Å²) >= 11 is 0. The van der Waals surface area contributed by atoms with Crippen LogP contribution < -0.4 is 0 Å². The standard InChI is InChI=1S/C19H22F8O8S/c20-16(21,22)9-33-14(29)18(19(25,26)27,34-2-1-17(23,24)36(30,31)32)35-13(28)15-6-10-3-11(7-15)5-12(4-10)8-15/h10-12H,1-9H2,(H,30,31,32). The highest BCUT2D eigenvalue weighted by atomic mass is 32.2. The van der Waals surface area contributed by atoms with Crippen LogP contribution in [0.3, 0.4) is 0 Å². The van der Waals surface area contributed by atoms with E-state index in [4.69, 9.17) is 4.55 Å². The number of hydrogen-bond acceptors (Lipinski definition) is 7. The first-order valence-corrected chi connectivity index (χ1v) is 12.2. The maximum absolute atomic E-state index is 14.1. The van der Waals surface area contributed by atoms with E-state index in [1.165, 1.54) is 0 Å². The summed E-state index contributed by atoms with van der Waals surface area (Å²) in [5.41, 5.74) is -1.49. The first kappa shape index (κ1) is 28.8. The van der Waals surface area contributed by atoms with Crippen molar-refractivity contribution in [2.75, 3.05) is 13.2 Å². The van der Waals surface area contributed by atoms with Crippen molar-refractivity contribution in [1.29, 1.82) is 0 Å². The van der Waals surface area contributed by atoms with Gasteiger partial charge in [0.2, 0.25) is 0 Å². The molecular weight excluding hydrogens is 540 g/mol. The van der Waals surface area contributed by atoms with Crippen LogP contribution in [0.15, 0.2) is 0 Å². The average Bonchev–Trinajstić information content (AvgIpc) is 2.67. The molecule has 208 valence electrons. The zero-order valence-electron chi connectivity index (χ0n) is 18.3. The van der Waals surface area contributed by atoms with Crippen molar-refractivity contribution in [3.63, 3.8) is 0 Å². The minimum absolute atomic E-state index is 0.0179. The van der Waals surface area contributed by atoms with Gasteiger partial charge in [0.05, 0.1) is 18.4 Å². The van der Waals surface area contributed by atoms with Crippen LogP contribution in [0, 0.1) is 23.2 Å². The Balaban J connectivity index is 1.91. The van der Waals surface area contributed by atoms with E-state index in [0.29, 0.717) is 0 Å². The maximum atomic E-state index is 14.1. The molecule has 17 heteroatoms. The summed E-state index contributed by atoms with van der Waals surface area (Å²) in [7, 11) is -6.13. The highest BCUT2D eigenvalue weighted by Crippen LogP contribution is 2.61. The van der Waals surface area contributed by atoms with Crippen molar-refractivity contribution >= 4 is 22.1 Å². The van der Waals surface area contributed by atoms with E-state index in [0.717, 1.165) is 19.3 Å². The summed E-state index contributed by atoms with van der Waals surface area (Å²) in [6.45, 7) is -4.54. The fourth-order valence-electron chi connectivity index (χ4n) is 5.67. The normalized spacial score (nSPS) is 30.1. The molecule has 0 heterocycles. The van der Waals surface area contributed by atoms with Gasteiger partial charge in [-0.15, -0.1) is 0 Å². The highest BCUT2D eigenvalue weighted by molar-refractivity contribution is 7.86. The Morgan fingerprint density at radius 3 is 1.75 bits per heavy atom. The lowest BCUT2D eigenvalue weighted by Gasteiger charge is -2.55. The summed E-state index contributed by atoms with van der Waals surface area (Å²) in [6, 6.07) is 0. The smallest absolute Gasteiger partial charge is 0.451 e. The minimum atomic E-state index is -6.13. The Labute approximate surface area is 199 Å². The van der Waals surface area contributed by atoms with Gasteiger partial charge >= 0.3 is 45.5 Å². The van der Waals surface area contributed by atoms with Gasteiger partial charge in [-0.05, 0) is 56.3 Å². The van der Waals surface area contributed by atoms with Crippen molar-refractivity contribution in [2.24, 2.45) is 23.2 Å². The van der Waals surface area contributed by atoms with Gasteiger partial charge in [-0.25, -0.2) is 4.79 Å². The number of rotatable bonds is 9. The van der Waals surface area contributed by atoms with Crippen LogP contribution in [0.2, 0.25) is 0 Å². The second-order valence-electron chi connectivity index (χ2n) is 9.60. The zero-order chi connectivity index (χ0) is 27.4. The molecule has 0 aliphatic heterocycles. The lowest BCUT2D eigenvalue weighted by atomic mass is 9.49.